The molecule has 2 aliphatic rings. The Morgan fingerprint density at radius 3 is 2.57 bits per heavy atom. The lowest BCUT2D eigenvalue weighted by Crippen LogP contribution is -2.23. The predicted molar refractivity (Wildman–Crippen MR) is 151 cm³/mol. The maximum atomic E-state index is 12.2. The molecule has 4 aromatic heterocycles. The van der Waals surface area contributed by atoms with E-state index in [0.29, 0.717) is 17.8 Å². The fraction of sp³-hybridized carbons (Fsp3) is 0.533. The first-order valence-corrected chi connectivity index (χ1v) is 15.7. The standard InChI is InChI=1S/C30H38N4O2S/c1-19(2)26-27(23-18-34(3)29-22(23)6-5-17-31-29)33-25-12-11-24(32-28(25)26)21-9-7-20(8-10-21)13-14-30(15-16-30)37(4,35)36/h5-6,11-12,17-21,33H,7-10,13-16H2,1-4H3. The van der Waals surface area contributed by atoms with Crippen LogP contribution < -0.4 is 0 Å². The van der Waals surface area contributed by atoms with Crippen LogP contribution in [-0.2, 0) is 16.9 Å². The Hall–Kier alpha value is -2.67. The first kappa shape index (κ1) is 24.7. The summed E-state index contributed by atoms with van der Waals surface area (Å²) in [6.45, 7) is 4.50. The second-order valence-corrected chi connectivity index (χ2v) is 14.4. The van der Waals surface area contributed by atoms with Gasteiger partial charge in [0.05, 0.1) is 21.5 Å². The molecule has 6 nitrogen and oxygen atoms in total. The van der Waals surface area contributed by atoms with Gasteiger partial charge in [-0.3, -0.25) is 4.98 Å². The molecule has 0 amide bonds. The molecular weight excluding hydrogens is 480 g/mol. The minimum atomic E-state index is -2.92. The first-order valence-electron chi connectivity index (χ1n) is 13.8. The molecule has 0 unspecified atom stereocenters. The molecule has 0 aromatic carbocycles. The van der Waals surface area contributed by atoms with E-state index in [-0.39, 0.29) is 0 Å². The molecule has 6 rings (SSSR count). The van der Waals surface area contributed by atoms with Gasteiger partial charge in [-0.1, -0.05) is 13.8 Å². The van der Waals surface area contributed by atoms with Crippen LogP contribution in [0.25, 0.3) is 33.3 Å². The third-order valence-corrected chi connectivity index (χ3v) is 11.3. The van der Waals surface area contributed by atoms with Crippen molar-refractivity contribution in [3.05, 3.63) is 47.9 Å². The topological polar surface area (TPSA) is 80.6 Å². The monoisotopic (exact) mass is 518 g/mol. The average molecular weight is 519 g/mol. The van der Waals surface area contributed by atoms with Crippen molar-refractivity contribution in [3.63, 3.8) is 0 Å². The number of hydrogen-bond acceptors (Lipinski definition) is 4. The molecular formula is C30H38N4O2S. The normalized spacial score (nSPS) is 21.8. The van der Waals surface area contributed by atoms with Gasteiger partial charge in [-0.15, -0.1) is 0 Å². The van der Waals surface area contributed by atoms with Gasteiger partial charge in [0.25, 0.3) is 0 Å². The highest BCUT2D eigenvalue weighted by atomic mass is 32.2. The van der Waals surface area contributed by atoms with Crippen LogP contribution in [0.15, 0.2) is 36.7 Å². The molecule has 0 bridgehead atoms. The summed E-state index contributed by atoms with van der Waals surface area (Å²) in [5.41, 5.74) is 7.97. The number of nitrogens with one attached hydrogen (secondary N) is 1. The molecule has 2 fully saturated rings. The molecule has 196 valence electrons. The minimum Gasteiger partial charge on any atom is -0.353 e. The second-order valence-electron chi connectivity index (χ2n) is 11.9. The fourth-order valence-corrected chi connectivity index (χ4v) is 8.01. The molecule has 0 radical (unpaired) electrons. The lowest BCUT2D eigenvalue weighted by Gasteiger charge is -2.29. The van der Waals surface area contributed by atoms with Gasteiger partial charge in [-0.25, -0.2) is 13.4 Å². The largest absolute Gasteiger partial charge is 0.353 e. The first-order chi connectivity index (χ1) is 17.7. The Kier molecular flexibility index (Phi) is 5.98. The zero-order chi connectivity index (χ0) is 25.9. The Morgan fingerprint density at radius 1 is 1.14 bits per heavy atom. The van der Waals surface area contributed by atoms with E-state index in [1.165, 1.54) is 35.9 Å². The fourth-order valence-electron chi connectivity index (χ4n) is 6.67. The van der Waals surface area contributed by atoms with Crippen molar-refractivity contribution in [1.82, 2.24) is 19.5 Å². The number of aryl methyl sites for hydroxylation is 1. The number of hydrogen-bond donors (Lipinski definition) is 1. The summed E-state index contributed by atoms with van der Waals surface area (Å²) in [4.78, 5) is 13.6. The second kappa shape index (κ2) is 8.97. The van der Waals surface area contributed by atoms with Gasteiger partial charge in [-0.2, -0.15) is 0 Å². The maximum Gasteiger partial charge on any atom is 0.153 e. The Labute approximate surface area is 219 Å². The summed E-state index contributed by atoms with van der Waals surface area (Å²) in [6, 6.07) is 8.57. The zero-order valence-corrected chi connectivity index (χ0v) is 23.2. The highest BCUT2D eigenvalue weighted by Gasteiger charge is 2.51. The van der Waals surface area contributed by atoms with Crippen LogP contribution in [0.4, 0.5) is 0 Å². The van der Waals surface area contributed by atoms with Gasteiger partial charge in [0.1, 0.15) is 5.65 Å². The Morgan fingerprint density at radius 2 is 1.89 bits per heavy atom. The van der Waals surface area contributed by atoms with E-state index in [1.807, 2.05) is 12.3 Å². The molecule has 0 atom stereocenters. The van der Waals surface area contributed by atoms with Crippen LogP contribution in [0.3, 0.4) is 0 Å². The average Bonchev–Trinajstić information content (AvgIpc) is 3.49. The molecule has 37 heavy (non-hydrogen) atoms. The van der Waals surface area contributed by atoms with E-state index < -0.39 is 14.6 Å². The number of aromatic nitrogens is 4. The van der Waals surface area contributed by atoms with Crippen molar-refractivity contribution in [2.45, 2.75) is 81.8 Å². The SMILES string of the molecule is CC(C)c1c(-c2cn(C)c3ncccc23)[nH]c2ccc(C3CCC(CCC4(S(C)(=O)=O)CC4)CC3)nc12. The highest BCUT2D eigenvalue weighted by molar-refractivity contribution is 7.92. The molecule has 0 saturated heterocycles. The molecule has 1 N–H and O–H groups in total. The highest BCUT2D eigenvalue weighted by Crippen LogP contribution is 2.49. The lowest BCUT2D eigenvalue weighted by molar-refractivity contribution is 0.300. The quantitative estimate of drug-likeness (QED) is 0.289. The third-order valence-electron chi connectivity index (χ3n) is 9.15. The Balaban J connectivity index is 1.24. The maximum absolute atomic E-state index is 12.2. The van der Waals surface area contributed by atoms with Crippen molar-refractivity contribution in [3.8, 4) is 11.3 Å². The van der Waals surface area contributed by atoms with E-state index in [9.17, 15) is 8.42 Å². The summed E-state index contributed by atoms with van der Waals surface area (Å²) in [6.07, 6.45) is 13.7. The summed E-state index contributed by atoms with van der Waals surface area (Å²) in [5.74, 6) is 1.45. The van der Waals surface area contributed by atoms with Gasteiger partial charge in [0, 0.05) is 53.8 Å². The van der Waals surface area contributed by atoms with E-state index in [0.717, 1.165) is 66.3 Å². The summed E-state index contributed by atoms with van der Waals surface area (Å²) >= 11 is 0. The molecule has 7 heteroatoms. The van der Waals surface area contributed by atoms with Gasteiger partial charge < -0.3 is 9.55 Å². The van der Waals surface area contributed by atoms with E-state index in [2.05, 4.69) is 59.8 Å². The minimum absolute atomic E-state index is 0.332. The van der Waals surface area contributed by atoms with E-state index in [1.54, 1.807) is 0 Å². The summed E-state index contributed by atoms with van der Waals surface area (Å²) in [5, 5.41) is 1.15. The number of aromatic amines is 1. The summed E-state index contributed by atoms with van der Waals surface area (Å²) in [7, 11) is -0.874. The predicted octanol–water partition coefficient (Wildman–Crippen LogP) is 6.87. The van der Waals surface area contributed by atoms with Gasteiger partial charge in [-0.05, 0) is 87.5 Å². The Bertz CT molecular complexity index is 1570. The van der Waals surface area contributed by atoms with Crippen molar-refractivity contribution in [1.29, 1.82) is 0 Å². The van der Waals surface area contributed by atoms with Crippen LogP contribution >= 0.6 is 0 Å². The number of pyridine rings is 2. The van der Waals surface area contributed by atoms with Gasteiger partial charge in [0.2, 0.25) is 0 Å². The van der Waals surface area contributed by atoms with Gasteiger partial charge in [0.15, 0.2) is 9.84 Å². The van der Waals surface area contributed by atoms with Crippen molar-refractivity contribution < 1.29 is 8.42 Å². The number of nitrogens with zero attached hydrogens (tertiary/aromatic N) is 3. The number of rotatable bonds is 7. The van der Waals surface area contributed by atoms with Crippen LogP contribution in [0.5, 0.6) is 0 Å². The molecule has 4 aromatic rings. The van der Waals surface area contributed by atoms with Crippen molar-refractivity contribution in [2.75, 3.05) is 6.26 Å². The van der Waals surface area contributed by atoms with E-state index >= 15 is 0 Å². The van der Waals surface area contributed by atoms with Crippen LogP contribution in [0.1, 0.15) is 88.3 Å². The lowest BCUT2D eigenvalue weighted by atomic mass is 9.78. The molecule has 2 saturated carbocycles. The molecule has 0 aliphatic heterocycles. The molecule has 2 aliphatic carbocycles. The molecule has 0 spiro atoms. The number of H-pyrrole nitrogens is 1. The van der Waals surface area contributed by atoms with Crippen LogP contribution in [-0.4, -0.2) is 38.9 Å². The van der Waals surface area contributed by atoms with E-state index in [4.69, 9.17) is 4.98 Å². The van der Waals surface area contributed by atoms with Crippen molar-refractivity contribution >= 4 is 31.9 Å². The van der Waals surface area contributed by atoms with Crippen LogP contribution in [0, 0.1) is 5.92 Å². The zero-order valence-electron chi connectivity index (χ0n) is 22.4. The number of fused-ring (bicyclic) bond motifs is 2. The van der Waals surface area contributed by atoms with Crippen LogP contribution in [0.2, 0.25) is 0 Å². The van der Waals surface area contributed by atoms with Crippen molar-refractivity contribution in [2.24, 2.45) is 13.0 Å². The molecule has 4 heterocycles. The number of sulfone groups is 1. The summed E-state index contributed by atoms with van der Waals surface area (Å²) < 4.78 is 26.0. The third kappa shape index (κ3) is 4.29. The van der Waals surface area contributed by atoms with Gasteiger partial charge >= 0.3 is 0 Å². The smallest absolute Gasteiger partial charge is 0.153 e.